The number of anilines is 1. The zero-order chi connectivity index (χ0) is 13.8. The van der Waals surface area contributed by atoms with Gasteiger partial charge in [0.05, 0.1) is 11.4 Å². The van der Waals surface area contributed by atoms with Gasteiger partial charge in [-0.3, -0.25) is 4.79 Å². The van der Waals surface area contributed by atoms with Crippen molar-refractivity contribution in [2.75, 3.05) is 24.3 Å². The molecule has 20 heavy (non-hydrogen) atoms. The van der Waals surface area contributed by atoms with E-state index in [0.717, 1.165) is 13.0 Å². The van der Waals surface area contributed by atoms with Crippen LogP contribution in [-0.4, -0.2) is 36.0 Å². The number of hydrogen-bond donors (Lipinski definition) is 2. The van der Waals surface area contributed by atoms with Crippen LogP contribution in [0.1, 0.15) is 12.1 Å². The van der Waals surface area contributed by atoms with Gasteiger partial charge in [0, 0.05) is 12.1 Å². The van der Waals surface area contributed by atoms with Crippen LogP contribution in [0.4, 0.5) is 5.69 Å². The molecule has 1 aliphatic rings. The Morgan fingerprint density at radius 1 is 1.65 bits per heavy atom. The van der Waals surface area contributed by atoms with Crippen LogP contribution in [0.2, 0.25) is 5.15 Å². The summed E-state index contributed by atoms with van der Waals surface area (Å²) in [5.41, 5.74) is 1.10. The Morgan fingerprint density at radius 3 is 2.90 bits per heavy atom. The molecular weight excluding hydrogens is 325 g/mol. The number of carbonyl (C=O) groups is 1. The number of aryl methyl sites for hydroxylation is 1. The van der Waals surface area contributed by atoms with E-state index < -0.39 is 0 Å². The van der Waals surface area contributed by atoms with Crippen molar-refractivity contribution in [2.24, 2.45) is 0 Å². The van der Waals surface area contributed by atoms with Gasteiger partial charge < -0.3 is 15.4 Å². The number of halogens is 3. The van der Waals surface area contributed by atoms with Gasteiger partial charge in [-0.15, -0.1) is 24.0 Å². The quantitative estimate of drug-likeness (QED) is 0.638. The van der Waals surface area contributed by atoms with Gasteiger partial charge in [0.25, 0.3) is 0 Å². The van der Waals surface area contributed by atoms with Crippen LogP contribution >= 0.6 is 35.6 Å². The molecule has 8 heteroatoms. The summed E-state index contributed by atoms with van der Waals surface area (Å²) in [6.45, 7) is 3.42. The number of pyridine rings is 1. The fourth-order valence-electron chi connectivity index (χ4n) is 1.66. The molecule has 0 spiro atoms. The predicted molar refractivity (Wildman–Crippen MR) is 82.5 cm³/mol. The van der Waals surface area contributed by atoms with Gasteiger partial charge in [0.2, 0.25) is 5.91 Å². The lowest BCUT2D eigenvalue weighted by Gasteiger charge is -2.27. The van der Waals surface area contributed by atoms with E-state index in [1.165, 1.54) is 0 Å². The fourth-order valence-corrected chi connectivity index (χ4v) is 1.95. The third-order valence-corrected chi connectivity index (χ3v) is 3.41. The van der Waals surface area contributed by atoms with Crippen LogP contribution in [-0.2, 0) is 4.79 Å². The van der Waals surface area contributed by atoms with Crippen molar-refractivity contribution in [3.05, 3.63) is 16.9 Å². The minimum absolute atomic E-state index is 0. The highest BCUT2D eigenvalue weighted by atomic mass is 35.5. The number of hydrogen-bond acceptors (Lipinski definition) is 4. The molecule has 1 fully saturated rings. The third kappa shape index (κ3) is 4.38. The summed E-state index contributed by atoms with van der Waals surface area (Å²) in [7, 11) is 0. The number of ether oxygens (including phenoxy) is 1. The van der Waals surface area contributed by atoms with Crippen LogP contribution in [0.15, 0.2) is 6.07 Å². The molecule has 1 saturated heterocycles. The molecule has 1 atom stereocenters. The van der Waals surface area contributed by atoms with Crippen molar-refractivity contribution in [3.63, 3.8) is 0 Å². The first-order chi connectivity index (χ1) is 9.10. The van der Waals surface area contributed by atoms with Crippen molar-refractivity contribution in [1.29, 1.82) is 0 Å². The minimum atomic E-state index is -0.333. The summed E-state index contributed by atoms with van der Waals surface area (Å²) in [5.74, 6) is 0.149. The molecule has 0 aromatic carbocycles. The monoisotopic (exact) mass is 339 g/mol. The van der Waals surface area contributed by atoms with Crippen molar-refractivity contribution in [2.45, 2.75) is 19.4 Å². The maximum absolute atomic E-state index is 11.3. The Bertz CT molecular complexity index is 481. The molecule has 2 heterocycles. The first kappa shape index (κ1) is 17.3. The standard InChI is InChI=1S/C12H15Cl2N3O2.ClH/c1-7-10(19-6-8-2-3-15-8)4-9(12(14)16-7)17-11(18)5-13;/h4,8,15H,2-3,5-6H2,1H3,(H,17,18);1H/t8-;/m0./s1. The van der Waals surface area contributed by atoms with E-state index in [0.29, 0.717) is 29.8 Å². The summed E-state index contributed by atoms with van der Waals surface area (Å²) < 4.78 is 5.68. The van der Waals surface area contributed by atoms with Gasteiger partial charge in [-0.05, 0) is 19.9 Å². The Morgan fingerprint density at radius 2 is 2.35 bits per heavy atom. The highest BCUT2D eigenvalue weighted by molar-refractivity contribution is 6.33. The second kappa shape index (κ2) is 7.88. The number of alkyl halides is 1. The van der Waals surface area contributed by atoms with Crippen molar-refractivity contribution in [1.82, 2.24) is 10.3 Å². The summed E-state index contributed by atoms with van der Waals surface area (Å²) >= 11 is 11.4. The third-order valence-electron chi connectivity index (χ3n) is 2.88. The summed E-state index contributed by atoms with van der Waals surface area (Å²) in [5, 5.41) is 6.05. The highest BCUT2D eigenvalue weighted by Crippen LogP contribution is 2.27. The largest absolute Gasteiger partial charge is 0.490 e. The predicted octanol–water partition coefficient (Wildman–Crippen LogP) is 2.38. The molecule has 0 unspecified atom stereocenters. The average molecular weight is 341 g/mol. The van der Waals surface area contributed by atoms with E-state index in [4.69, 9.17) is 27.9 Å². The number of amides is 1. The molecule has 1 aliphatic heterocycles. The van der Waals surface area contributed by atoms with Gasteiger partial charge in [0.1, 0.15) is 18.2 Å². The van der Waals surface area contributed by atoms with Crippen molar-refractivity contribution >= 4 is 47.2 Å². The van der Waals surface area contributed by atoms with Gasteiger partial charge >= 0.3 is 0 Å². The van der Waals surface area contributed by atoms with E-state index in [9.17, 15) is 4.79 Å². The van der Waals surface area contributed by atoms with Crippen LogP contribution in [0.3, 0.4) is 0 Å². The Kier molecular flexibility index (Phi) is 6.82. The molecule has 0 bridgehead atoms. The number of nitrogens with zero attached hydrogens (tertiary/aromatic N) is 1. The second-order valence-corrected chi connectivity index (χ2v) is 4.97. The first-order valence-corrected chi connectivity index (χ1v) is 6.90. The number of rotatable bonds is 5. The van der Waals surface area contributed by atoms with E-state index in [1.54, 1.807) is 6.07 Å². The number of carbonyl (C=O) groups excluding carboxylic acids is 1. The number of aromatic nitrogens is 1. The molecule has 1 aromatic heterocycles. The van der Waals surface area contributed by atoms with Crippen LogP contribution in [0, 0.1) is 6.92 Å². The van der Waals surface area contributed by atoms with E-state index >= 15 is 0 Å². The fraction of sp³-hybridized carbons (Fsp3) is 0.500. The SMILES string of the molecule is Cc1nc(Cl)c(NC(=O)CCl)cc1OC[C@@H]1CCN1.Cl. The molecule has 0 saturated carbocycles. The average Bonchev–Trinajstić information content (AvgIpc) is 2.32. The second-order valence-electron chi connectivity index (χ2n) is 4.34. The molecule has 112 valence electrons. The van der Waals surface area contributed by atoms with Crippen molar-refractivity contribution in [3.8, 4) is 5.75 Å². The normalized spacial score (nSPS) is 16.9. The van der Waals surface area contributed by atoms with Gasteiger partial charge in [0.15, 0.2) is 5.15 Å². The molecule has 0 radical (unpaired) electrons. The zero-order valence-corrected chi connectivity index (χ0v) is 13.2. The van der Waals surface area contributed by atoms with E-state index in [2.05, 4.69) is 15.6 Å². The van der Waals surface area contributed by atoms with E-state index in [1.807, 2.05) is 6.92 Å². The Hall–Kier alpha value is -0.750. The van der Waals surface area contributed by atoms with Crippen LogP contribution in [0.5, 0.6) is 5.75 Å². The van der Waals surface area contributed by atoms with Gasteiger partial charge in [-0.25, -0.2) is 4.98 Å². The summed E-state index contributed by atoms with van der Waals surface area (Å²) in [6.07, 6.45) is 1.11. The molecule has 5 nitrogen and oxygen atoms in total. The van der Waals surface area contributed by atoms with Crippen molar-refractivity contribution < 1.29 is 9.53 Å². The number of nitrogens with one attached hydrogen (secondary N) is 2. The summed E-state index contributed by atoms with van der Waals surface area (Å²) in [4.78, 5) is 15.4. The van der Waals surface area contributed by atoms with Crippen LogP contribution < -0.4 is 15.4 Å². The van der Waals surface area contributed by atoms with Gasteiger partial charge in [-0.1, -0.05) is 11.6 Å². The maximum Gasteiger partial charge on any atom is 0.239 e. The Labute approximate surface area is 133 Å². The lowest BCUT2D eigenvalue weighted by molar-refractivity contribution is -0.113. The lowest BCUT2D eigenvalue weighted by Crippen LogP contribution is -2.46. The van der Waals surface area contributed by atoms with E-state index in [-0.39, 0.29) is 29.3 Å². The molecule has 0 aliphatic carbocycles. The summed E-state index contributed by atoms with van der Waals surface area (Å²) in [6, 6.07) is 2.06. The molecule has 1 aromatic rings. The molecule has 2 rings (SSSR count). The highest BCUT2D eigenvalue weighted by Gasteiger charge is 2.18. The molecular formula is C12H16Cl3N3O2. The first-order valence-electron chi connectivity index (χ1n) is 5.99. The lowest BCUT2D eigenvalue weighted by atomic mass is 10.1. The van der Waals surface area contributed by atoms with Crippen LogP contribution in [0.25, 0.3) is 0 Å². The van der Waals surface area contributed by atoms with Gasteiger partial charge in [-0.2, -0.15) is 0 Å². The zero-order valence-electron chi connectivity index (χ0n) is 10.9. The molecule has 2 N–H and O–H groups in total. The Balaban J connectivity index is 0.00000200. The maximum atomic E-state index is 11.3. The molecule has 1 amide bonds. The minimum Gasteiger partial charge on any atom is -0.490 e. The smallest absolute Gasteiger partial charge is 0.239 e. The topological polar surface area (TPSA) is 63.2 Å².